The number of halogens is 1. The summed E-state index contributed by atoms with van der Waals surface area (Å²) in [6.07, 6.45) is 0.941. The van der Waals surface area contributed by atoms with Gasteiger partial charge in [-0.05, 0) is 57.9 Å². The lowest BCUT2D eigenvalue weighted by molar-refractivity contribution is 0.0183. The summed E-state index contributed by atoms with van der Waals surface area (Å²) in [5.74, 6) is 0.593. The molecule has 1 aliphatic rings. The van der Waals surface area contributed by atoms with Gasteiger partial charge in [0, 0.05) is 29.7 Å². The smallest absolute Gasteiger partial charge is 0.410 e. The van der Waals surface area contributed by atoms with Gasteiger partial charge in [0.25, 0.3) is 5.56 Å². The second-order valence-corrected chi connectivity index (χ2v) is 8.48. The van der Waals surface area contributed by atoms with Crippen LogP contribution in [0.3, 0.4) is 0 Å². The Morgan fingerprint density at radius 2 is 1.86 bits per heavy atom. The first-order valence-electron chi connectivity index (χ1n) is 9.59. The van der Waals surface area contributed by atoms with Gasteiger partial charge in [0.1, 0.15) is 11.4 Å². The molecule has 0 saturated carbocycles. The molecule has 3 rings (SSSR count). The van der Waals surface area contributed by atoms with E-state index < -0.39 is 5.60 Å². The number of benzene rings is 1. The molecule has 7 nitrogen and oxygen atoms in total. The zero-order valence-corrected chi connectivity index (χ0v) is 17.9. The number of likely N-dealkylation sites (tertiary alicyclic amines) is 1. The van der Waals surface area contributed by atoms with Crippen molar-refractivity contribution in [2.75, 3.05) is 20.2 Å². The third-order valence-corrected chi connectivity index (χ3v) is 4.96. The fraction of sp³-hybridized carbons (Fsp3) is 0.476. The molecule has 0 atom stereocenters. The monoisotopic (exact) mass is 419 g/mol. The normalized spacial score (nSPS) is 15.3. The molecule has 2 aromatic rings. The molecule has 1 saturated heterocycles. The van der Waals surface area contributed by atoms with Crippen LogP contribution in [0.25, 0.3) is 11.3 Å². The van der Waals surface area contributed by atoms with Crippen molar-refractivity contribution in [2.24, 2.45) is 0 Å². The van der Waals surface area contributed by atoms with Gasteiger partial charge < -0.3 is 14.4 Å². The van der Waals surface area contributed by atoms with E-state index in [9.17, 15) is 9.59 Å². The number of methoxy groups -OCH3 is 1. The highest BCUT2D eigenvalue weighted by Gasteiger charge is 2.28. The molecule has 1 aromatic heterocycles. The molecule has 0 unspecified atom stereocenters. The van der Waals surface area contributed by atoms with Gasteiger partial charge in [-0.1, -0.05) is 11.6 Å². The summed E-state index contributed by atoms with van der Waals surface area (Å²) in [7, 11) is 1.57. The maximum atomic E-state index is 12.5. The van der Waals surface area contributed by atoms with E-state index in [4.69, 9.17) is 21.1 Å². The molecule has 29 heavy (non-hydrogen) atoms. The Hall–Kier alpha value is -2.54. The van der Waals surface area contributed by atoms with Gasteiger partial charge in [0.05, 0.1) is 18.8 Å². The summed E-state index contributed by atoms with van der Waals surface area (Å²) in [6, 6.07) is 8.41. The fourth-order valence-electron chi connectivity index (χ4n) is 3.33. The SMILES string of the molecule is COc1cc(Cl)ccc1-c1ccc(=O)n(C2CCN(C(=O)OC(C)(C)C)CC2)n1. The molecular formula is C21H26ClN3O4. The molecule has 0 N–H and O–H groups in total. The first kappa shape index (κ1) is 21.2. The number of carbonyl (C=O) groups excluding carboxylic acids is 1. The quantitative estimate of drug-likeness (QED) is 0.747. The predicted octanol–water partition coefficient (Wildman–Crippen LogP) is 4.14. The number of amides is 1. The molecule has 1 aromatic carbocycles. The number of piperidine rings is 1. The highest BCUT2D eigenvalue weighted by molar-refractivity contribution is 6.30. The van der Waals surface area contributed by atoms with Gasteiger partial charge >= 0.3 is 6.09 Å². The van der Waals surface area contributed by atoms with E-state index in [-0.39, 0.29) is 17.7 Å². The number of nitrogens with zero attached hydrogens (tertiary/aromatic N) is 3. The van der Waals surface area contributed by atoms with Gasteiger partial charge in [-0.2, -0.15) is 5.10 Å². The van der Waals surface area contributed by atoms with Crippen LogP contribution in [0.1, 0.15) is 39.7 Å². The van der Waals surface area contributed by atoms with Gasteiger partial charge in [0.2, 0.25) is 0 Å². The zero-order valence-electron chi connectivity index (χ0n) is 17.1. The maximum Gasteiger partial charge on any atom is 0.410 e. The third-order valence-electron chi connectivity index (χ3n) is 4.73. The first-order chi connectivity index (χ1) is 13.7. The molecule has 156 valence electrons. The van der Waals surface area contributed by atoms with Crippen LogP contribution in [0.2, 0.25) is 5.02 Å². The van der Waals surface area contributed by atoms with E-state index >= 15 is 0 Å². The van der Waals surface area contributed by atoms with Gasteiger partial charge in [-0.15, -0.1) is 0 Å². The summed E-state index contributed by atoms with van der Waals surface area (Å²) < 4.78 is 12.3. The van der Waals surface area contributed by atoms with Crippen molar-refractivity contribution in [3.8, 4) is 17.0 Å². The van der Waals surface area contributed by atoms with E-state index in [1.807, 2.05) is 26.8 Å². The lowest BCUT2D eigenvalue weighted by atomic mass is 10.1. The molecule has 0 spiro atoms. The van der Waals surface area contributed by atoms with Crippen LogP contribution in [0, 0.1) is 0 Å². The Bertz CT molecular complexity index is 944. The summed E-state index contributed by atoms with van der Waals surface area (Å²) in [6.45, 7) is 6.57. The van der Waals surface area contributed by atoms with Crippen molar-refractivity contribution in [3.63, 3.8) is 0 Å². The van der Waals surface area contributed by atoms with Crippen molar-refractivity contribution in [3.05, 3.63) is 45.7 Å². The number of hydrogen-bond donors (Lipinski definition) is 0. The fourth-order valence-corrected chi connectivity index (χ4v) is 3.49. The van der Waals surface area contributed by atoms with Crippen LogP contribution in [0.5, 0.6) is 5.75 Å². The van der Waals surface area contributed by atoms with Crippen molar-refractivity contribution in [1.82, 2.24) is 14.7 Å². The van der Waals surface area contributed by atoms with Crippen LogP contribution in [-0.2, 0) is 4.74 Å². The average molecular weight is 420 g/mol. The lowest BCUT2D eigenvalue weighted by Crippen LogP contribution is -2.43. The zero-order chi connectivity index (χ0) is 21.2. The minimum atomic E-state index is -0.529. The number of ether oxygens (including phenoxy) is 2. The Balaban J connectivity index is 1.79. The highest BCUT2D eigenvalue weighted by atomic mass is 35.5. The van der Waals surface area contributed by atoms with Crippen LogP contribution >= 0.6 is 11.6 Å². The van der Waals surface area contributed by atoms with E-state index in [0.29, 0.717) is 42.4 Å². The first-order valence-corrected chi connectivity index (χ1v) is 9.97. The van der Waals surface area contributed by atoms with Crippen molar-refractivity contribution >= 4 is 17.7 Å². The average Bonchev–Trinajstić information content (AvgIpc) is 2.67. The summed E-state index contributed by atoms with van der Waals surface area (Å²) in [5, 5.41) is 5.14. The summed E-state index contributed by atoms with van der Waals surface area (Å²) in [5.41, 5.74) is 0.695. The lowest BCUT2D eigenvalue weighted by Gasteiger charge is -2.33. The molecule has 1 fully saturated rings. The van der Waals surface area contributed by atoms with Gasteiger partial charge in [-0.3, -0.25) is 4.79 Å². The number of carbonyl (C=O) groups is 1. The molecule has 2 heterocycles. The summed E-state index contributed by atoms with van der Waals surface area (Å²) >= 11 is 6.04. The summed E-state index contributed by atoms with van der Waals surface area (Å²) in [4.78, 5) is 26.4. The van der Waals surface area contributed by atoms with E-state index in [2.05, 4.69) is 5.10 Å². The molecule has 0 bridgehead atoms. The van der Waals surface area contributed by atoms with Crippen LogP contribution < -0.4 is 10.3 Å². The molecule has 0 aliphatic carbocycles. The van der Waals surface area contributed by atoms with Crippen LogP contribution in [0.4, 0.5) is 4.79 Å². The topological polar surface area (TPSA) is 73.7 Å². The molecule has 1 aliphatic heterocycles. The van der Waals surface area contributed by atoms with E-state index in [1.54, 1.807) is 30.2 Å². The highest BCUT2D eigenvalue weighted by Crippen LogP contribution is 2.31. The molecule has 0 radical (unpaired) electrons. The number of rotatable bonds is 3. The third kappa shape index (κ3) is 5.09. The van der Waals surface area contributed by atoms with Crippen molar-refractivity contribution in [2.45, 2.75) is 45.3 Å². The molecule has 8 heteroatoms. The molecular weight excluding hydrogens is 394 g/mol. The Morgan fingerprint density at radius 3 is 2.48 bits per heavy atom. The number of hydrogen-bond acceptors (Lipinski definition) is 5. The van der Waals surface area contributed by atoms with Crippen molar-refractivity contribution in [1.29, 1.82) is 0 Å². The van der Waals surface area contributed by atoms with E-state index in [0.717, 1.165) is 5.56 Å². The number of aromatic nitrogens is 2. The van der Waals surface area contributed by atoms with Crippen LogP contribution in [-0.4, -0.2) is 46.6 Å². The van der Waals surface area contributed by atoms with Crippen LogP contribution in [0.15, 0.2) is 35.1 Å². The standard InChI is InChI=1S/C21H26ClN3O4/c1-21(2,3)29-20(27)24-11-9-15(10-12-24)25-19(26)8-7-17(23-25)16-6-5-14(22)13-18(16)28-4/h5-8,13,15H,9-12H2,1-4H3. The van der Waals surface area contributed by atoms with Crippen molar-refractivity contribution < 1.29 is 14.3 Å². The van der Waals surface area contributed by atoms with Gasteiger partial charge in [-0.25, -0.2) is 9.48 Å². The predicted molar refractivity (Wildman–Crippen MR) is 112 cm³/mol. The maximum absolute atomic E-state index is 12.5. The minimum Gasteiger partial charge on any atom is -0.496 e. The minimum absolute atomic E-state index is 0.0839. The largest absolute Gasteiger partial charge is 0.496 e. The molecule has 1 amide bonds. The Morgan fingerprint density at radius 1 is 1.17 bits per heavy atom. The van der Waals surface area contributed by atoms with Gasteiger partial charge in [0.15, 0.2) is 0 Å². The second kappa shape index (κ2) is 8.45. The second-order valence-electron chi connectivity index (χ2n) is 8.04. The Labute approximate surface area is 175 Å². The Kier molecular flexibility index (Phi) is 6.17. The van der Waals surface area contributed by atoms with E-state index in [1.165, 1.54) is 10.7 Å².